The van der Waals surface area contributed by atoms with Crippen molar-refractivity contribution in [2.45, 2.75) is 19.9 Å². The summed E-state index contributed by atoms with van der Waals surface area (Å²) in [6.07, 6.45) is 0.925. The lowest BCUT2D eigenvalue weighted by molar-refractivity contribution is 0.0949. The Hall–Kier alpha value is -2.44. The zero-order valence-electron chi connectivity index (χ0n) is 10.6. The molecular weight excluding hydrogens is 246 g/mol. The van der Waals surface area contributed by atoms with Gasteiger partial charge in [0.1, 0.15) is 5.75 Å². The van der Waals surface area contributed by atoms with Crippen LogP contribution in [0.2, 0.25) is 0 Å². The standard InChI is InChI=1S/C12H15N5O2/c1-2-6-19-10-5-3-4-9(7-10)12(18)13-8-11-14-16-17-15-11/h3-5,7H,2,6,8H2,1H3,(H,13,18)(H,14,15,16,17). The van der Waals surface area contributed by atoms with E-state index in [0.29, 0.717) is 23.7 Å². The summed E-state index contributed by atoms with van der Waals surface area (Å²) in [7, 11) is 0. The largest absolute Gasteiger partial charge is 0.494 e. The van der Waals surface area contributed by atoms with Crippen LogP contribution in [0.4, 0.5) is 0 Å². The normalized spacial score (nSPS) is 10.2. The van der Waals surface area contributed by atoms with Gasteiger partial charge < -0.3 is 10.1 Å². The van der Waals surface area contributed by atoms with Crippen molar-refractivity contribution in [1.82, 2.24) is 25.9 Å². The lowest BCUT2D eigenvalue weighted by Gasteiger charge is -2.07. The fourth-order valence-corrected chi connectivity index (χ4v) is 1.47. The molecule has 7 nitrogen and oxygen atoms in total. The van der Waals surface area contributed by atoms with Gasteiger partial charge in [0.25, 0.3) is 5.91 Å². The summed E-state index contributed by atoms with van der Waals surface area (Å²) < 4.78 is 5.48. The van der Waals surface area contributed by atoms with Crippen molar-refractivity contribution in [3.8, 4) is 5.75 Å². The highest BCUT2D eigenvalue weighted by Crippen LogP contribution is 2.13. The molecule has 0 radical (unpaired) electrons. The highest BCUT2D eigenvalue weighted by molar-refractivity contribution is 5.94. The molecule has 0 saturated carbocycles. The number of nitrogens with one attached hydrogen (secondary N) is 2. The van der Waals surface area contributed by atoms with Crippen molar-refractivity contribution in [3.63, 3.8) is 0 Å². The first kappa shape index (κ1) is 13.0. The van der Waals surface area contributed by atoms with E-state index in [0.717, 1.165) is 6.42 Å². The molecule has 2 rings (SSSR count). The second-order valence-electron chi connectivity index (χ2n) is 3.89. The maximum Gasteiger partial charge on any atom is 0.251 e. The third kappa shape index (κ3) is 3.77. The van der Waals surface area contributed by atoms with Gasteiger partial charge in [-0.1, -0.05) is 18.2 Å². The zero-order chi connectivity index (χ0) is 13.5. The maximum atomic E-state index is 11.9. The van der Waals surface area contributed by atoms with E-state index in [-0.39, 0.29) is 12.5 Å². The molecular formula is C12H15N5O2. The number of aromatic amines is 1. The molecule has 0 aliphatic carbocycles. The molecule has 0 aliphatic rings. The van der Waals surface area contributed by atoms with Crippen molar-refractivity contribution in [2.24, 2.45) is 0 Å². The summed E-state index contributed by atoms with van der Waals surface area (Å²) in [5.74, 6) is 0.924. The van der Waals surface area contributed by atoms with Crippen LogP contribution >= 0.6 is 0 Å². The number of carbonyl (C=O) groups excluding carboxylic acids is 1. The Balaban J connectivity index is 1.94. The Morgan fingerprint density at radius 1 is 1.47 bits per heavy atom. The fourth-order valence-electron chi connectivity index (χ4n) is 1.47. The number of hydrogen-bond acceptors (Lipinski definition) is 5. The van der Waals surface area contributed by atoms with Crippen LogP contribution in [0.25, 0.3) is 0 Å². The Morgan fingerprint density at radius 2 is 2.37 bits per heavy atom. The van der Waals surface area contributed by atoms with Crippen LogP contribution in [0.3, 0.4) is 0 Å². The molecule has 1 amide bonds. The van der Waals surface area contributed by atoms with Crippen LogP contribution in [0.5, 0.6) is 5.75 Å². The van der Waals surface area contributed by atoms with E-state index < -0.39 is 0 Å². The van der Waals surface area contributed by atoms with Gasteiger partial charge in [-0.2, -0.15) is 5.21 Å². The third-order valence-electron chi connectivity index (χ3n) is 2.37. The van der Waals surface area contributed by atoms with E-state index in [1.807, 2.05) is 13.0 Å². The van der Waals surface area contributed by atoms with Gasteiger partial charge in [-0.05, 0) is 24.6 Å². The quantitative estimate of drug-likeness (QED) is 0.806. The van der Waals surface area contributed by atoms with Gasteiger partial charge in [0.05, 0.1) is 13.2 Å². The number of ether oxygens (including phenoxy) is 1. The molecule has 1 aromatic heterocycles. The SMILES string of the molecule is CCCOc1cccc(C(=O)NCc2nn[nH]n2)c1. The second kappa shape index (κ2) is 6.48. The molecule has 1 aromatic carbocycles. The number of amides is 1. The monoisotopic (exact) mass is 261 g/mol. The lowest BCUT2D eigenvalue weighted by Crippen LogP contribution is -2.23. The van der Waals surface area contributed by atoms with Gasteiger partial charge >= 0.3 is 0 Å². The minimum atomic E-state index is -0.202. The first-order valence-corrected chi connectivity index (χ1v) is 6.03. The number of carbonyl (C=O) groups is 1. The molecule has 1 heterocycles. The number of aromatic nitrogens is 4. The summed E-state index contributed by atoms with van der Waals surface area (Å²) in [6.45, 7) is 2.89. The topological polar surface area (TPSA) is 92.8 Å². The highest BCUT2D eigenvalue weighted by Gasteiger charge is 2.07. The van der Waals surface area contributed by atoms with E-state index in [2.05, 4.69) is 25.9 Å². The highest BCUT2D eigenvalue weighted by atomic mass is 16.5. The van der Waals surface area contributed by atoms with Crippen molar-refractivity contribution < 1.29 is 9.53 Å². The maximum absolute atomic E-state index is 11.9. The van der Waals surface area contributed by atoms with Crippen molar-refractivity contribution in [1.29, 1.82) is 0 Å². The number of hydrogen-bond donors (Lipinski definition) is 2. The average Bonchev–Trinajstić information content (AvgIpc) is 2.96. The first-order chi connectivity index (χ1) is 9.29. The van der Waals surface area contributed by atoms with Crippen molar-refractivity contribution in [3.05, 3.63) is 35.7 Å². The molecule has 2 aromatic rings. The first-order valence-electron chi connectivity index (χ1n) is 6.03. The molecule has 7 heteroatoms. The summed E-state index contributed by atoms with van der Waals surface area (Å²) in [5.41, 5.74) is 0.539. The Morgan fingerprint density at radius 3 is 3.11 bits per heavy atom. The molecule has 0 aliphatic heterocycles. The van der Waals surface area contributed by atoms with E-state index in [4.69, 9.17) is 4.74 Å². The Bertz CT molecular complexity index is 527. The van der Waals surface area contributed by atoms with Crippen LogP contribution < -0.4 is 10.1 Å². The molecule has 0 saturated heterocycles. The van der Waals surface area contributed by atoms with Gasteiger partial charge in [0.2, 0.25) is 0 Å². The van der Waals surface area contributed by atoms with Gasteiger partial charge in [0, 0.05) is 5.56 Å². The summed E-state index contributed by atoms with van der Waals surface area (Å²) in [4.78, 5) is 11.9. The number of benzene rings is 1. The molecule has 2 N–H and O–H groups in total. The Labute approximate surface area is 110 Å². The molecule has 0 spiro atoms. The number of nitrogens with zero attached hydrogens (tertiary/aromatic N) is 3. The summed E-state index contributed by atoms with van der Waals surface area (Å²) in [6, 6.07) is 7.05. The minimum absolute atomic E-state index is 0.202. The molecule has 19 heavy (non-hydrogen) atoms. The Kier molecular flexibility index (Phi) is 4.44. The molecule has 0 atom stereocenters. The van der Waals surface area contributed by atoms with Gasteiger partial charge in [-0.15, -0.1) is 10.2 Å². The summed E-state index contributed by atoms with van der Waals surface area (Å²) >= 11 is 0. The van der Waals surface area contributed by atoms with Crippen LogP contribution in [-0.2, 0) is 6.54 Å². The van der Waals surface area contributed by atoms with Crippen molar-refractivity contribution in [2.75, 3.05) is 6.61 Å². The van der Waals surface area contributed by atoms with Crippen LogP contribution in [0.1, 0.15) is 29.5 Å². The lowest BCUT2D eigenvalue weighted by atomic mass is 10.2. The minimum Gasteiger partial charge on any atom is -0.494 e. The molecule has 0 bridgehead atoms. The average molecular weight is 261 g/mol. The predicted octanol–water partition coefficient (Wildman–Crippen LogP) is 0.918. The smallest absolute Gasteiger partial charge is 0.251 e. The molecule has 0 fully saturated rings. The van der Waals surface area contributed by atoms with Gasteiger partial charge in [-0.3, -0.25) is 4.79 Å². The number of rotatable bonds is 6. The van der Waals surface area contributed by atoms with Crippen LogP contribution in [-0.4, -0.2) is 33.1 Å². The second-order valence-corrected chi connectivity index (χ2v) is 3.89. The van der Waals surface area contributed by atoms with Gasteiger partial charge in [-0.25, -0.2) is 0 Å². The number of H-pyrrole nitrogens is 1. The molecule has 100 valence electrons. The van der Waals surface area contributed by atoms with E-state index in [9.17, 15) is 4.79 Å². The van der Waals surface area contributed by atoms with Gasteiger partial charge in [0.15, 0.2) is 5.82 Å². The zero-order valence-corrected chi connectivity index (χ0v) is 10.6. The molecule has 0 unspecified atom stereocenters. The van der Waals surface area contributed by atoms with Crippen molar-refractivity contribution >= 4 is 5.91 Å². The van der Waals surface area contributed by atoms with E-state index in [1.165, 1.54) is 0 Å². The van der Waals surface area contributed by atoms with Crippen LogP contribution in [0.15, 0.2) is 24.3 Å². The fraction of sp³-hybridized carbons (Fsp3) is 0.333. The third-order valence-corrected chi connectivity index (χ3v) is 2.37. The van der Waals surface area contributed by atoms with E-state index >= 15 is 0 Å². The van der Waals surface area contributed by atoms with E-state index in [1.54, 1.807) is 18.2 Å². The summed E-state index contributed by atoms with van der Waals surface area (Å²) in [5, 5.41) is 15.9. The van der Waals surface area contributed by atoms with Crippen LogP contribution in [0, 0.1) is 0 Å². The number of tetrazole rings is 1. The predicted molar refractivity (Wildman–Crippen MR) is 67.6 cm³/mol.